The normalized spacial score (nSPS) is 10.7. The Labute approximate surface area is 209 Å². The van der Waals surface area contributed by atoms with Gasteiger partial charge in [-0.3, -0.25) is 14.4 Å². The highest BCUT2D eigenvalue weighted by molar-refractivity contribution is 6.04. The predicted molar refractivity (Wildman–Crippen MR) is 143 cm³/mol. The van der Waals surface area contributed by atoms with E-state index in [0.29, 0.717) is 38.9 Å². The maximum absolute atomic E-state index is 13.0. The molecule has 0 saturated carbocycles. The van der Waals surface area contributed by atoms with Gasteiger partial charge >= 0.3 is 0 Å². The predicted octanol–water partition coefficient (Wildman–Crippen LogP) is 5.10. The quantitative estimate of drug-likeness (QED) is 0.375. The number of para-hydroxylation sites is 1. The lowest BCUT2D eigenvalue weighted by atomic mass is 9.97. The molecule has 3 aromatic carbocycles. The van der Waals surface area contributed by atoms with Crippen LogP contribution in [0.25, 0.3) is 21.9 Å². The molecule has 7 nitrogen and oxygen atoms in total. The number of nitrogens with one attached hydrogen (secondary N) is 2. The minimum atomic E-state index is -0.343. The number of benzene rings is 3. The molecule has 1 heterocycles. The van der Waals surface area contributed by atoms with Gasteiger partial charge in [0.05, 0.1) is 0 Å². The summed E-state index contributed by atoms with van der Waals surface area (Å²) in [5.74, 6) is 0.666. The van der Waals surface area contributed by atoms with Crippen molar-refractivity contribution in [2.75, 3.05) is 12.4 Å². The third-order valence-corrected chi connectivity index (χ3v) is 6.02. The number of nitrogens with zero attached hydrogens (tertiary/aromatic N) is 1. The molecule has 0 atom stereocenters. The topological polar surface area (TPSA) is 89.4 Å². The van der Waals surface area contributed by atoms with Crippen molar-refractivity contribution >= 4 is 28.3 Å². The van der Waals surface area contributed by atoms with Gasteiger partial charge in [-0.25, -0.2) is 0 Å². The summed E-state index contributed by atoms with van der Waals surface area (Å²) in [5.41, 5.74) is 4.05. The molecule has 4 rings (SSSR count). The van der Waals surface area contributed by atoms with Gasteiger partial charge in [-0.15, -0.1) is 0 Å². The number of fused-ring (bicyclic) bond motifs is 1. The van der Waals surface area contributed by atoms with E-state index in [2.05, 4.69) is 17.2 Å². The Morgan fingerprint density at radius 2 is 1.69 bits per heavy atom. The first-order valence-corrected chi connectivity index (χ1v) is 11.4. The molecule has 7 heteroatoms. The zero-order valence-electron chi connectivity index (χ0n) is 20.6. The Morgan fingerprint density at radius 1 is 0.972 bits per heavy atom. The van der Waals surface area contributed by atoms with Gasteiger partial charge < -0.3 is 19.9 Å². The number of aromatic nitrogens is 1. The molecule has 2 amide bonds. The van der Waals surface area contributed by atoms with Crippen molar-refractivity contribution in [3.63, 3.8) is 0 Å². The highest BCUT2D eigenvalue weighted by Crippen LogP contribution is 2.40. The van der Waals surface area contributed by atoms with E-state index in [9.17, 15) is 14.4 Å². The number of hydrogen-bond acceptors (Lipinski definition) is 4. The van der Waals surface area contributed by atoms with Crippen LogP contribution in [0.4, 0.5) is 5.69 Å². The Bertz CT molecular complexity index is 1560. The second kappa shape index (κ2) is 9.92. The first-order valence-electron chi connectivity index (χ1n) is 11.4. The Balaban J connectivity index is 1.99. The minimum Gasteiger partial charge on any atom is -0.456 e. The van der Waals surface area contributed by atoms with E-state index in [0.717, 1.165) is 16.9 Å². The summed E-state index contributed by atoms with van der Waals surface area (Å²) in [5, 5.41) is 6.43. The number of hydrogen-bond donors (Lipinski definition) is 2. The van der Waals surface area contributed by atoms with Crippen molar-refractivity contribution in [3.05, 3.63) is 100 Å². The number of ether oxygens (including phenoxy) is 1. The maximum Gasteiger partial charge on any atom is 0.258 e. The van der Waals surface area contributed by atoms with Crippen molar-refractivity contribution in [1.29, 1.82) is 0 Å². The van der Waals surface area contributed by atoms with E-state index >= 15 is 0 Å². The Kier molecular flexibility index (Phi) is 6.74. The molecule has 0 fully saturated rings. The van der Waals surface area contributed by atoms with Crippen LogP contribution < -0.4 is 20.9 Å². The third kappa shape index (κ3) is 4.63. The second-order valence-corrected chi connectivity index (χ2v) is 8.53. The molecule has 0 aliphatic carbocycles. The van der Waals surface area contributed by atoms with Crippen molar-refractivity contribution < 1.29 is 14.3 Å². The first kappa shape index (κ1) is 24.5. The monoisotopic (exact) mass is 481 g/mol. The molecule has 182 valence electrons. The molecule has 2 N–H and O–H groups in total. The Hall–Kier alpha value is -4.65. The maximum atomic E-state index is 13.0. The van der Waals surface area contributed by atoms with Gasteiger partial charge in [-0.05, 0) is 66.8 Å². The lowest BCUT2D eigenvalue weighted by Gasteiger charge is -2.18. The average Bonchev–Trinajstić information content (AvgIpc) is 2.88. The van der Waals surface area contributed by atoms with E-state index < -0.39 is 0 Å². The lowest BCUT2D eigenvalue weighted by molar-refractivity contribution is -0.111. The number of rotatable bonds is 6. The largest absolute Gasteiger partial charge is 0.456 e. The smallest absolute Gasteiger partial charge is 0.258 e. The molecule has 36 heavy (non-hydrogen) atoms. The van der Waals surface area contributed by atoms with Gasteiger partial charge in [0.2, 0.25) is 5.91 Å². The average molecular weight is 482 g/mol. The van der Waals surface area contributed by atoms with Gasteiger partial charge in [0.1, 0.15) is 11.5 Å². The summed E-state index contributed by atoms with van der Waals surface area (Å²) < 4.78 is 7.90. The van der Waals surface area contributed by atoms with Crippen molar-refractivity contribution in [3.8, 4) is 22.6 Å². The number of aryl methyl sites for hydroxylation is 3. The Morgan fingerprint density at radius 3 is 2.36 bits per heavy atom. The van der Waals surface area contributed by atoms with Crippen molar-refractivity contribution in [2.45, 2.75) is 13.8 Å². The second-order valence-electron chi connectivity index (χ2n) is 8.53. The zero-order valence-corrected chi connectivity index (χ0v) is 20.6. The molecule has 0 spiro atoms. The number of carbonyl (C=O) groups is 2. The molecule has 0 saturated heterocycles. The van der Waals surface area contributed by atoms with Gasteiger partial charge in [0.15, 0.2) is 0 Å². The van der Waals surface area contributed by atoms with Crippen molar-refractivity contribution in [2.24, 2.45) is 7.05 Å². The summed E-state index contributed by atoms with van der Waals surface area (Å²) >= 11 is 0. The van der Waals surface area contributed by atoms with E-state index in [4.69, 9.17) is 4.74 Å². The summed E-state index contributed by atoms with van der Waals surface area (Å²) in [6.45, 7) is 7.46. The molecule has 0 bridgehead atoms. The van der Waals surface area contributed by atoms with Crippen LogP contribution in [0.1, 0.15) is 21.5 Å². The lowest BCUT2D eigenvalue weighted by Crippen LogP contribution is -2.20. The van der Waals surface area contributed by atoms with E-state index in [1.165, 1.54) is 10.6 Å². The molecule has 0 unspecified atom stereocenters. The van der Waals surface area contributed by atoms with Crippen LogP contribution in [-0.2, 0) is 11.8 Å². The molecule has 4 aromatic rings. The van der Waals surface area contributed by atoms with Gasteiger partial charge in [0, 0.05) is 48.1 Å². The summed E-state index contributed by atoms with van der Waals surface area (Å²) in [6, 6.07) is 16.3. The summed E-state index contributed by atoms with van der Waals surface area (Å²) in [7, 11) is 3.20. The van der Waals surface area contributed by atoms with Crippen LogP contribution in [0.15, 0.2) is 78.2 Å². The SMILES string of the molecule is C=CC(=O)Nc1ccc(Oc2c(C)cccc2C)c(-c2cn(C)c(=O)c3cc(C(=O)NC)ccc23)c1. The fraction of sp³-hybridized carbons (Fsp3) is 0.138. The van der Waals surface area contributed by atoms with E-state index in [1.807, 2.05) is 32.0 Å². The van der Waals surface area contributed by atoms with Gasteiger partial charge in [0.25, 0.3) is 11.5 Å². The van der Waals surface area contributed by atoms with Crippen LogP contribution in [0.2, 0.25) is 0 Å². The van der Waals surface area contributed by atoms with Crippen LogP contribution in [0, 0.1) is 13.8 Å². The molecular weight excluding hydrogens is 454 g/mol. The number of amides is 2. The molecule has 0 aliphatic rings. The van der Waals surface area contributed by atoms with Crippen LogP contribution in [0.3, 0.4) is 0 Å². The van der Waals surface area contributed by atoms with Crippen LogP contribution in [-0.4, -0.2) is 23.4 Å². The van der Waals surface area contributed by atoms with Gasteiger partial charge in [-0.1, -0.05) is 30.8 Å². The van der Waals surface area contributed by atoms with Gasteiger partial charge in [-0.2, -0.15) is 0 Å². The number of anilines is 1. The van der Waals surface area contributed by atoms with Crippen molar-refractivity contribution in [1.82, 2.24) is 9.88 Å². The minimum absolute atomic E-state index is 0.229. The molecule has 1 aromatic heterocycles. The van der Waals surface area contributed by atoms with E-state index in [-0.39, 0.29) is 17.4 Å². The highest BCUT2D eigenvalue weighted by Gasteiger charge is 2.18. The molecule has 0 aliphatic heterocycles. The summed E-state index contributed by atoms with van der Waals surface area (Å²) in [6.07, 6.45) is 2.93. The standard InChI is InChI=1S/C29H27N3O4/c1-6-26(33)31-20-11-13-25(36-27-17(2)8-7-9-18(27)3)22(15-20)24-16-32(5)29(35)23-14-19(28(34)30-4)10-12-21(23)24/h6-16H,1H2,2-5H3,(H,30,34)(H,31,33). The number of carbonyl (C=O) groups excluding carboxylic acids is 2. The highest BCUT2D eigenvalue weighted by atomic mass is 16.5. The third-order valence-electron chi connectivity index (χ3n) is 6.02. The number of pyridine rings is 1. The van der Waals surface area contributed by atoms with Crippen LogP contribution in [0.5, 0.6) is 11.5 Å². The fourth-order valence-corrected chi connectivity index (χ4v) is 4.14. The summed E-state index contributed by atoms with van der Waals surface area (Å²) in [4.78, 5) is 37.2. The molecular formula is C29H27N3O4. The van der Waals surface area contributed by atoms with E-state index in [1.54, 1.807) is 56.7 Å². The fourth-order valence-electron chi connectivity index (χ4n) is 4.14. The zero-order chi connectivity index (χ0) is 26.0. The van der Waals surface area contributed by atoms with Crippen LogP contribution >= 0.6 is 0 Å². The first-order chi connectivity index (χ1) is 17.2. The molecule has 0 radical (unpaired) electrons.